The van der Waals surface area contributed by atoms with Crippen molar-refractivity contribution in [2.45, 2.75) is 12.8 Å². The average molecular weight is 540 g/mol. The molecule has 38 heavy (non-hydrogen) atoms. The van der Waals surface area contributed by atoms with Gasteiger partial charge in [0.15, 0.2) is 11.5 Å². The van der Waals surface area contributed by atoms with Crippen LogP contribution in [0.25, 0.3) is 0 Å². The summed E-state index contributed by atoms with van der Waals surface area (Å²) in [5.74, 6) is 1.68. The number of carbonyl (C=O) groups excluding carboxylic acids is 2. The predicted octanol–water partition coefficient (Wildman–Crippen LogP) is 5.01. The first-order valence-electron chi connectivity index (χ1n) is 12.2. The molecule has 1 fully saturated rings. The van der Waals surface area contributed by atoms with Crippen molar-refractivity contribution in [2.75, 3.05) is 51.0 Å². The number of ether oxygens (including phenoxy) is 3. The summed E-state index contributed by atoms with van der Waals surface area (Å²) in [4.78, 5) is 30.8. The topological polar surface area (TPSA) is 114 Å². The van der Waals surface area contributed by atoms with E-state index in [0.717, 1.165) is 19.6 Å². The largest absolute Gasteiger partial charge is 0.493 e. The van der Waals surface area contributed by atoms with Crippen LogP contribution in [0.1, 0.15) is 23.3 Å². The number of halogens is 1. The van der Waals surface area contributed by atoms with Crippen LogP contribution in [0.3, 0.4) is 0 Å². The number of aromatic nitrogens is 1. The molecule has 1 aromatic heterocycles. The van der Waals surface area contributed by atoms with Gasteiger partial charge in [-0.3, -0.25) is 14.7 Å². The summed E-state index contributed by atoms with van der Waals surface area (Å²) in [7, 11) is 3.08. The van der Waals surface area contributed by atoms with Gasteiger partial charge in [-0.25, -0.2) is 4.79 Å². The predicted molar refractivity (Wildman–Crippen MR) is 146 cm³/mol. The Morgan fingerprint density at radius 1 is 1.00 bits per heavy atom. The molecule has 0 aliphatic carbocycles. The van der Waals surface area contributed by atoms with E-state index in [1.165, 1.54) is 26.1 Å². The van der Waals surface area contributed by atoms with Gasteiger partial charge in [0.05, 0.1) is 17.8 Å². The molecule has 2 aromatic carbocycles. The van der Waals surface area contributed by atoms with Crippen LogP contribution in [0.4, 0.5) is 16.2 Å². The van der Waals surface area contributed by atoms with E-state index in [2.05, 4.69) is 25.8 Å². The van der Waals surface area contributed by atoms with Crippen molar-refractivity contribution in [1.82, 2.24) is 15.2 Å². The van der Waals surface area contributed by atoms with E-state index in [0.29, 0.717) is 46.0 Å². The van der Waals surface area contributed by atoms with Crippen LogP contribution in [0.2, 0.25) is 5.02 Å². The van der Waals surface area contributed by atoms with E-state index in [1.807, 2.05) is 0 Å². The summed E-state index contributed by atoms with van der Waals surface area (Å²) >= 11 is 6.37. The van der Waals surface area contributed by atoms with Gasteiger partial charge in [0.25, 0.3) is 5.91 Å². The Hall–Kier alpha value is -4.02. The number of hydrogen-bond acceptors (Lipinski definition) is 7. The van der Waals surface area contributed by atoms with Gasteiger partial charge in [0.1, 0.15) is 23.8 Å². The van der Waals surface area contributed by atoms with E-state index < -0.39 is 6.03 Å². The van der Waals surface area contributed by atoms with Crippen LogP contribution in [-0.4, -0.2) is 62.2 Å². The number of nitrogens with one attached hydrogen (secondary N) is 3. The number of anilines is 2. The van der Waals surface area contributed by atoms with Gasteiger partial charge in [0, 0.05) is 43.7 Å². The first kappa shape index (κ1) is 27.0. The average Bonchev–Trinajstić information content (AvgIpc) is 3.44. The highest BCUT2D eigenvalue weighted by Crippen LogP contribution is 2.36. The molecule has 1 aliphatic rings. The molecule has 0 spiro atoms. The zero-order valence-corrected chi connectivity index (χ0v) is 22.0. The fourth-order valence-corrected chi connectivity index (χ4v) is 4.15. The van der Waals surface area contributed by atoms with E-state index in [1.54, 1.807) is 55.6 Å². The number of methoxy groups -OCH3 is 1. The number of urea groups is 1. The monoisotopic (exact) mass is 539 g/mol. The fourth-order valence-electron chi connectivity index (χ4n) is 3.95. The minimum absolute atomic E-state index is 0.247. The van der Waals surface area contributed by atoms with E-state index in [4.69, 9.17) is 25.8 Å². The maximum atomic E-state index is 12.7. The van der Waals surface area contributed by atoms with Gasteiger partial charge >= 0.3 is 6.03 Å². The van der Waals surface area contributed by atoms with Crippen molar-refractivity contribution in [2.24, 2.45) is 0 Å². The first-order valence-corrected chi connectivity index (χ1v) is 12.6. The molecule has 2 heterocycles. The minimum atomic E-state index is -0.474. The third-order valence-corrected chi connectivity index (χ3v) is 6.22. The van der Waals surface area contributed by atoms with Crippen molar-refractivity contribution in [1.29, 1.82) is 0 Å². The standard InChI is InChI=1S/C27H30ClN5O5/c1-29-26(34)23-15-20(9-10-30-23)38-19-7-5-18(6-8-19)31-27(35)32-22-17-25(24(36-2)16-21(22)28)37-14-13-33-11-3-4-12-33/h5-10,15-17H,3-4,11-14H2,1-2H3,(H,29,34)(H2,31,32,35). The van der Waals surface area contributed by atoms with Gasteiger partial charge in [0.2, 0.25) is 0 Å². The number of amides is 3. The van der Waals surface area contributed by atoms with Gasteiger partial charge < -0.3 is 30.2 Å². The van der Waals surface area contributed by atoms with Crippen LogP contribution in [0.15, 0.2) is 54.7 Å². The van der Waals surface area contributed by atoms with Crippen LogP contribution in [0.5, 0.6) is 23.0 Å². The van der Waals surface area contributed by atoms with Crippen LogP contribution >= 0.6 is 11.6 Å². The molecule has 0 bridgehead atoms. The zero-order valence-electron chi connectivity index (χ0n) is 21.3. The summed E-state index contributed by atoms with van der Waals surface area (Å²) in [5, 5.41) is 8.36. The molecule has 3 N–H and O–H groups in total. The number of pyridine rings is 1. The number of nitrogens with zero attached hydrogens (tertiary/aromatic N) is 2. The quantitative estimate of drug-likeness (QED) is 0.331. The van der Waals surface area contributed by atoms with E-state index in [9.17, 15) is 9.59 Å². The van der Waals surface area contributed by atoms with Gasteiger partial charge in [-0.05, 0) is 56.3 Å². The van der Waals surface area contributed by atoms with Crippen molar-refractivity contribution in [3.8, 4) is 23.0 Å². The van der Waals surface area contributed by atoms with Gasteiger partial charge in [-0.15, -0.1) is 0 Å². The smallest absolute Gasteiger partial charge is 0.323 e. The maximum absolute atomic E-state index is 12.7. The van der Waals surface area contributed by atoms with Crippen LogP contribution in [0, 0.1) is 0 Å². The second kappa shape index (κ2) is 13.0. The lowest BCUT2D eigenvalue weighted by Crippen LogP contribution is -2.25. The SMILES string of the molecule is CNC(=O)c1cc(Oc2ccc(NC(=O)Nc3cc(OCCN4CCCC4)c(OC)cc3Cl)cc2)ccn1. The van der Waals surface area contributed by atoms with Crippen molar-refractivity contribution < 1.29 is 23.8 Å². The van der Waals surface area contributed by atoms with Crippen LogP contribution < -0.4 is 30.2 Å². The summed E-state index contributed by atoms with van der Waals surface area (Å²) in [6.07, 6.45) is 3.93. The lowest BCUT2D eigenvalue weighted by Gasteiger charge is -2.17. The van der Waals surface area contributed by atoms with Crippen molar-refractivity contribution >= 4 is 34.9 Å². The molecule has 0 radical (unpaired) electrons. The summed E-state index contributed by atoms with van der Waals surface area (Å²) < 4.78 is 17.1. The normalized spacial score (nSPS) is 13.0. The second-order valence-corrected chi connectivity index (χ2v) is 8.95. The van der Waals surface area contributed by atoms with E-state index >= 15 is 0 Å². The molecule has 11 heteroatoms. The van der Waals surface area contributed by atoms with Crippen molar-refractivity contribution in [3.63, 3.8) is 0 Å². The Bertz CT molecular complexity index is 1270. The Labute approximate surface area is 226 Å². The molecular weight excluding hydrogens is 510 g/mol. The maximum Gasteiger partial charge on any atom is 0.323 e. The van der Waals surface area contributed by atoms with Crippen LogP contribution in [-0.2, 0) is 0 Å². The molecule has 10 nitrogen and oxygen atoms in total. The Morgan fingerprint density at radius 3 is 2.47 bits per heavy atom. The summed E-state index contributed by atoms with van der Waals surface area (Å²) in [6, 6.07) is 12.8. The van der Waals surface area contributed by atoms with Gasteiger partial charge in [-0.1, -0.05) is 11.6 Å². The number of likely N-dealkylation sites (tertiary alicyclic amines) is 1. The third-order valence-electron chi connectivity index (χ3n) is 5.90. The Kier molecular flexibility index (Phi) is 9.23. The Morgan fingerprint density at radius 2 is 1.76 bits per heavy atom. The molecule has 3 amide bonds. The van der Waals surface area contributed by atoms with E-state index in [-0.39, 0.29) is 11.6 Å². The highest BCUT2D eigenvalue weighted by molar-refractivity contribution is 6.34. The molecule has 200 valence electrons. The molecule has 4 rings (SSSR count). The molecule has 0 atom stereocenters. The Balaban J connectivity index is 1.34. The molecular formula is C27H30ClN5O5. The minimum Gasteiger partial charge on any atom is -0.493 e. The highest BCUT2D eigenvalue weighted by atomic mass is 35.5. The van der Waals surface area contributed by atoms with Gasteiger partial charge in [-0.2, -0.15) is 0 Å². The lowest BCUT2D eigenvalue weighted by molar-refractivity contribution is 0.0957. The number of hydrogen-bond donors (Lipinski definition) is 3. The lowest BCUT2D eigenvalue weighted by atomic mass is 10.2. The van der Waals surface area contributed by atoms with Crippen molar-refractivity contribution in [3.05, 3.63) is 65.4 Å². The first-order chi connectivity index (χ1) is 18.4. The highest BCUT2D eigenvalue weighted by Gasteiger charge is 2.15. The molecule has 1 aliphatic heterocycles. The molecule has 3 aromatic rings. The summed E-state index contributed by atoms with van der Waals surface area (Å²) in [6.45, 7) is 3.50. The molecule has 0 unspecified atom stereocenters. The molecule has 0 saturated carbocycles. The molecule has 1 saturated heterocycles. The zero-order chi connectivity index (χ0) is 26.9. The second-order valence-electron chi connectivity index (χ2n) is 8.54. The number of rotatable bonds is 10. The number of benzene rings is 2. The summed E-state index contributed by atoms with van der Waals surface area (Å²) in [5.41, 5.74) is 1.19. The fraction of sp³-hybridized carbons (Fsp3) is 0.296. The third kappa shape index (κ3) is 7.27. The number of carbonyl (C=O) groups is 2.